The molecule has 2 rings (SSSR count). The predicted octanol–water partition coefficient (Wildman–Crippen LogP) is 2.96. The zero-order valence-electron chi connectivity index (χ0n) is 9.50. The van der Waals surface area contributed by atoms with Crippen molar-refractivity contribution in [1.29, 1.82) is 0 Å². The fourth-order valence-corrected chi connectivity index (χ4v) is 1.78. The highest BCUT2D eigenvalue weighted by atomic mass is 32.1. The minimum absolute atomic E-state index is 0.0475. The van der Waals surface area contributed by atoms with Crippen molar-refractivity contribution in [3.8, 4) is 0 Å². The maximum atomic E-state index is 11.2. The van der Waals surface area contributed by atoms with Crippen LogP contribution < -0.4 is 5.56 Å². The molecule has 4 heteroatoms. The predicted molar refractivity (Wildman–Crippen MR) is 65.5 cm³/mol. The number of hydrogen-bond donors (Lipinski definition) is 1. The molecule has 0 aliphatic rings. The summed E-state index contributed by atoms with van der Waals surface area (Å²) in [6.45, 7) is 8.28. The summed E-state index contributed by atoms with van der Waals surface area (Å²) in [6, 6.07) is 1.78. The Morgan fingerprint density at radius 1 is 1.40 bits per heavy atom. The van der Waals surface area contributed by atoms with Gasteiger partial charge >= 0.3 is 0 Å². The van der Waals surface area contributed by atoms with E-state index < -0.39 is 0 Å². The van der Waals surface area contributed by atoms with Gasteiger partial charge in [-0.2, -0.15) is 0 Å². The van der Waals surface area contributed by atoms with E-state index in [0.717, 1.165) is 10.7 Å². The SMILES string of the molecule is CC(C)C.Cc1nc2sccc2c(=O)[nH]1. The number of thiophene rings is 1. The van der Waals surface area contributed by atoms with Crippen molar-refractivity contribution >= 4 is 21.6 Å². The molecule has 0 aliphatic carbocycles. The summed E-state index contributed by atoms with van der Waals surface area (Å²) in [4.78, 5) is 18.8. The Morgan fingerprint density at radius 2 is 2.00 bits per heavy atom. The second kappa shape index (κ2) is 5.07. The Morgan fingerprint density at radius 3 is 2.60 bits per heavy atom. The van der Waals surface area contributed by atoms with Gasteiger partial charge in [0, 0.05) is 0 Å². The van der Waals surface area contributed by atoms with Crippen LogP contribution in [0.1, 0.15) is 26.6 Å². The van der Waals surface area contributed by atoms with Crippen LogP contribution >= 0.6 is 11.3 Å². The second-order valence-corrected chi connectivity index (χ2v) is 4.92. The lowest BCUT2D eigenvalue weighted by Gasteiger charge is -1.90. The van der Waals surface area contributed by atoms with Crippen molar-refractivity contribution < 1.29 is 0 Å². The average molecular weight is 224 g/mol. The zero-order valence-corrected chi connectivity index (χ0v) is 10.3. The van der Waals surface area contributed by atoms with Crippen LogP contribution in [-0.2, 0) is 0 Å². The van der Waals surface area contributed by atoms with E-state index in [9.17, 15) is 4.79 Å². The van der Waals surface area contributed by atoms with E-state index in [2.05, 4.69) is 30.7 Å². The Kier molecular flexibility index (Phi) is 4.03. The van der Waals surface area contributed by atoms with Gasteiger partial charge in [0.1, 0.15) is 10.7 Å². The van der Waals surface area contributed by atoms with Crippen molar-refractivity contribution in [2.24, 2.45) is 5.92 Å². The number of hydrogen-bond acceptors (Lipinski definition) is 3. The molecule has 0 fully saturated rings. The molecular formula is C11H16N2OS. The smallest absolute Gasteiger partial charge is 0.259 e. The Balaban J connectivity index is 0.000000245. The number of nitrogens with zero attached hydrogens (tertiary/aromatic N) is 1. The fraction of sp³-hybridized carbons (Fsp3) is 0.455. The van der Waals surface area contributed by atoms with Gasteiger partial charge < -0.3 is 4.98 Å². The molecule has 1 N–H and O–H groups in total. The molecule has 0 aliphatic heterocycles. The first-order valence-electron chi connectivity index (χ1n) is 4.95. The first-order valence-corrected chi connectivity index (χ1v) is 5.82. The van der Waals surface area contributed by atoms with Crippen LogP contribution in [0.2, 0.25) is 0 Å². The molecule has 2 aromatic heterocycles. The summed E-state index contributed by atoms with van der Waals surface area (Å²) in [5.74, 6) is 1.50. The van der Waals surface area contributed by atoms with Gasteiger partial charge in [-0.25, -0.2) is 4.98 Å². The maximum Gasteiger partial charge on any atom is 0.259 e. The topological polar surface area (TPSA) is 45.8 Å². The summed E-state index contributed by atoms with van der Waals surface area (Å²) in [7, 11) is 0. The second-order valence-electron chi connectivity index (χ2n) is 4.02. The Hall–Kier alpha value is -1.16. The largest absolute Gasteiger partial charge is 0.310 e. The summed E-state index contributed by atoms with van der Waals surface area (Å²) in [5, 5.41) is 2.55. The minimum atomic E-state index is -0.0475. The quantitative estimate of drug-likeness (QED) is 0.747. The van der Waals surface area contributed by atoms with E-state index in [4.69, 9.17) is 0 Å². The first kappa shape index (κ1) is 11.9. The van der Waals surface area contributed by atoms with Crippen LogP contribution in [0.5, 0.6) is 0 Å². The Bertz CT molecular complexity index is 482. The van der Waals surface area contributed by atoms with Gasteiger partial charge in [0.15, 0.2) is 0 Å². The number of fused-ring (bicyclic) bond motifs is 1. The van der Waals surface area contributed by atoms with E-state index in [1.807, 2.05) is 5.38 Å². The molecule has 2 heterocycles. The van der Waals surface area contributed by atoms with Crippen molar-refractivity contribution in [2.45, 2.75) is 27.7 Å². The van der Waals surface area contributed by atoms with Gasteiger partial charge in [0.2, 0.25) is 0 Å². The van der Waals surface area contributed by atoms with E-state index in [-0.39, 0.29) is 5.56 Å². The fourth-order valence-electron chi connectivity index (χ4n) is 0.973. The van der Waals surface area contributed by atoms with Crippen LogP contribution in [0, 0.1) is 12.8 Å². The minimum Gasteiger partial charge on any atom is -0.310 e. The number of aromatic amines is 1. The van der Waals surface area contributed by atoms with Crippen LogP contribution in [0.25, 0.3) is 10.2 Å². The third kappa shape index (κ3) is 3.47. The zero-order chi connectivity index (χ0) is 11.4. The van der Waals surface area contributed by atoms with Crippen molar-refractivity contribution in [3.63, 3.8) is 0 Å². The molecule has 0 spiro atoms. The van der Waals surface area contributed by atoms with E-state index in [1.165, 1.54) is 11.3 Å². The standard InChI is InChI=1S/C7H6N2OS.C4H10/c1-4-8-6(10)5-2-3-11-7(5)9-4;1-4(2)3/h2-3H,1H3,(H,8,9,10);4H,1-3H3. The van der Waals surface area contributed by atoms with Gasteiger partial charge in [0.25, 0.3) is 5.56 Å². The van der Waals surface area contributed by atoms with E-state index in [1.54, 1.807) is 13.0 Å². The molecule has 0 radical (unpaired) electrons. The first-order chi connectivity index (χ1) is 7.00. The average Bonchev–Trinajstić information content (AvgIpc) is 2.50. The van der Waals surface area contributed by atoms with Crippen molar-refractivity contribution in [1.82, 2.24) is 9.97 Å². The number of rotatable bonds is 0. The molecule has 0 aromatic carbocycles. The van der Waals surface area contributed by atoms with Crippen LogP contribution in [0.4, 0.5) is 0 Å². The number of aromatic nitrogens is 2. The molecule has 15 heavy (non-hydrogen) atoms. The van der Waals surface area contributed by atoms with Gasteiger partial charge in [-0.3, -0.25) is 4.79 Å². The maximum absolute atomic E-state index is 11.2. The van der Waals surface area contributed by atoms with Crippen LogP contribution in [0.15, 0.2) is 16.2 Å². The Labute approximate surface area is 93.2 Å². The summed E-state index contributed by atoms with van der Waals surface area (Å²) >= 11 is 1.48. The lowest BCUT2D eigenvalue weighted by molar-refractivity contribution is 0.737. The number of nitrogens with one attached hydrogen (secondary N) is 1. The monoisotopic (exact) mass is 224 g/mol. The highest BCUT2D eigenvalue weighted by Gasteiger charge is 2.00. The number of H-pyrrole nitrogens is 1. The van der Waals surface area contributed by atoms with E-state index >= 15 is 0 Å². The van der Waals surface area contributed by atoms with E-state index in [0.29, 0.717) is 11.2 Å². The van der Waals surface area contributed by atoms with Crippen LogP contribution in [0.3, 0.4) is 0 Å². The summed E-state index contributed by atoms with van der Waals surface area (Å²) < 4.78 is 0. The van der Waals surface area contributed by atoms with Crippen molar-refractivity contribution in [2.75, 3.05) is 0 Å². The lowest BCUT2D eigenvalue weighted by atomic mass is 10.3. The molecule has 0 unspecified atom stereocenters. The molecule has 3 nitrogen and oxygen atoms in total. The molecule has 2 aromatic rings. The van der Waals surface area contributed by atoms with Crippen LogP contribution in [-0.4, -0.2) is 9.97 Å². The highest BCUT2D eigenvalue weighted by Crippen LogP contribution is 2.13. The summed E-state index contributed by atoms with van der Waals surface area (Å²) in [6.07, 6.45) is 0. The summed E-state index contributed by atoms with van der Waals surface area (Å²) in [5.41, 5.74) is -0.0475. The van der Waals surface area contributed by atoms with Gasteiger partial charge in [0.05, 0.1) is 5.39 Å². The van der Waals surface area contributed by atoms with Crippen molar-refractivity contribution in [3.05, 3.63) is 27.6 Å². The molecule has 0 atom stereocenters. The normalized spacial score (nSPS) is 10.2. The third-order valence-electron chi connectivity index (χ3n) is 1.45. The highest BCUT2D eigenvalue weighted by molar-refractivity contribution is 7.16. The third-order valence-corrected chi connectivity index (χ3v) is 2.26. The number of aryl methyl sites for hydroxylation is 1. The molecular weight excluding hydrogens is 208 g/mol. The molecule has 0 bridgehead atoms. The molecule has 0 saturated carbocycles. The molecule has 82 valence electrons. The molecule has 0 saturated heterocycles. The lowest BCUT2D eigenvalue weighted by Crippen LogP contribution is -2.07. The van der Waals surface area contributed by atoms with Gasteiger partial charge in [-0.05, 0) is 24.3 Å². The molecule has 0 amide bonds. The van der Waals surface area contributed by atoms with Gasteiger partial charge in [-0.1, -0.05) is 20.8 Å². The van der Waals surface area contributed by atoms with Gasteiger partial charge in [-0.15, -0.1) is 11.3 Å².